The van der Waals surface area contributed by atoms with Crippen molar-refractivity contribution < 1.29 is 9.53 Å². The first-order valence-electron chi connectivity index (χ1n) is 7.28. The fourth-order valence-corrected chi connectivity index (χ4v) is 2.50. The molecule has 1 aromatic carbocycles. The summed E-state index contributed by atoms with van der Waals surface area (Å²) in [5.74, 6) is 0.738. The molecule has 1 saturated carbocycles. The van der Waals surface area contributed by atoms with Crippen LogP contribution in [0.4, 0.5) is 0 Å². The lowest BCUT2D eigenvalue weighted by molar-refractivity contribution is -0.128. The number of benzene rings is 1. The SMILES string of the molecule is CC(Oc1ccccc1)C(=O)NC1CCCCCC1. The number of hydrogen-bond acceptors (Lipinski definition) is 2. The van der Waals surface area contributed by atoms with Gasteiger partial charge in [0, 0.05) is 6.04 Å². The topological polar surface area (TPSA) is 38.3 Å². The van der Waals surface area contributed by atoms with E-state index in [1.54, 1.807) is 6.92 Å². The van der Waals surface area contributed by atoms with E-state index in [4.69, 9.17) is 4.74 Å². The zero-order valence-electron chi connectivity index (χ0n) is 11.6. The Bertz CT molecular complexity index is 383. The molecule has 0 aromatic heterocycles. The second kappa shape index (κ2) is 7.17. The summed E-state index contributed by atoms with van der Waals surface area (Å²) in [4.78, 5) is 12.1. The molecule has 1 aliphatic carbocycles. The summed E-state index contributed by atoms with van der Waals surface area (Å²) in [6, 6.07) is 9.82. The van der Waals surface area contributed by atoms with E-state index in [0.717, 1.165) is 18.6 Å². The highest BCUT2D eigenvalue weighted by molar-refractivity contribution is 5.81. The van der Waals surface area contributed by atoms with Gasteiger partial charge in [0.15, 0.2) is 6.10 Å². The van der Waals surface area contributed by atoms with Gasteiger partial charge in [-0.1, -0.05) is 43.9 Å². The normalized spacial score (nSPS) is 18.4. The van der Waals surface area contributed by atoms with Gasteiger partial charge in [0.05, 0.1) is 0 Å². The molecule has 0 saturated heterocycles. The monoisotopic (exact) mass is 261 g/mol. The van der Waals surface area contributed by atoms with Gasteiger partial charge < -0.3 is 10.1 Å². The van der Waals surface area contributed by atoms with Crippen LogP contribution >= 0.6 is 0 Å². The predicted molar refractivity (Wildman–Crippen MR) is 76.2 cm³/mol. The Balaban J connectivity index is 1.81. The Labute approximate surface area is 115 Å². The van der Waals surface area contributed by atoms with Crippen LogP contribution < -0.4 is 10.1 Å². The highest BCUT2D eigenvalue weighted by Crippen LogP contribution is 2.17. The number of nitrogens with one attached hydrogen (secondary N) is 1. The molecular formula is C16H23NO2. The maximum Gasteiger partial charge on any atom is 0.260 e. The van der Waals surface area contributed by atoms with E-state index in [1.807, 2.05) is 30.3 Å². The smallest absolute Gasteiger partial charge is 0.260 e. The van der Waals surface area contributed by atoms with Crippen LogP contribution in [-0.4, -0.2) is 18.1 Å². The Hall–Kier alpha value is -1.51. The molecule has 19 heavy (non-hydrogen) atoms. The molecule has 3 heteroatoms. The third kappa shape index (κ3) is 4.58. The van der Waals surface area contributed by atoms with Crippen molar-refractivity contribution in [2.24, 2.45) is 0 Å². The van der Waals surface area contributed by atoms with E-state index < -0.39 is 6.10 Å². The molecule has 1 atom stereocenters. The fourth-order valence-electron chi connectivity index (χ4n) is 2.50. The van der Waals surface area contributed by atoms with Crippen molar-refractivity contribution in [3.63, 3.8) is 0 Å². The van der Waals surface area contributed by atoms with Crippen molar-refractivity contribution in [2.45, 2.75) is 57.6 Å². The molecule has 1 amide bonds. The molecule has 3 nitrogen and oxygen atoms in total. The molecular weight excluding hydrogens is 238 g/mol. The zero-order valence-corrected chi connectivity index (χ0v) is 11.6. The molecule has 1 fully saturated rings. The first kappa shape index (κ1) is 13.9. The summed E-state index contributed by atoms with van der Waals surface area (Å²) < 4.78 is 5.64. The van der Waals surface area contributed by atoms with Gasteiger partial charge in [-0.2, -0.15) is 0 Å². The van der Waals surface area contributed by atoms with Crippen LogP contribution in [0, 0.1) is 0 Å². The van der Waals surface area contributed by atoms with E-state index in [-0.39, 0.29) is 5.91 Å². The van der Waals surface area contributed by atoms with Gasteiger partial charge >= 0.3 is 0 Å². The van der Waals surface area contributed by atoms with Crippen LogP contribution in [0.1, 0.15) is 45.4 Å². The number of para-hydroxylation sites is 1. The van der Waals surface area contributed by atoms with Crippen molar-refractivity contribution in [3.8, 4) is 5.75 Å². The molecule has 2 rings (SSSR count). The predicted octanol–water partition coefficient (Wildman–Crippen LogP) is 3.29. The molecule has 1 unspecified atom stereocenters. The number of carbonyl (C=O) groups is 1. The Kier molecular flexibility index (Phi) is 5.25. The minimum absolute atomic E-state index is 0.00393. The standard InChI is InChI=1S/C16H23NO2/c1-13(19-15-11-7-4-8-12-15)16(18)17-14-9-5-2-3-6-10-14/h4,7-8,11-14H,2-3,5-6,9-10H2,1H3,(H,17,18). The summed E-state index contributed by atoms with van der Waals surface area (Å²) in [6.45, 7) is 1.80. The lowest BCUT2D eigenvalue weighted by Gasteiger charge is -2.20. The van der Waals surface area contributed by atoms with Crippen LogP contribution in [0.15, 0.2) is 30.3 Å². The van der Waals surface area contributed by atoms with Crippen LogP contribution in [0.25, 0.3) is 0 Å². The van der Waals surface area contributed by atoms with E-state index in [1.165, 1.54) is 25.7 Å². The molecule has 0 radical (unpaired) electrons. The van der Waals surface area contributed by atoms with Crippen LogP contribution in [0.3, 0.4) is 0 Å². The van der Waals surface area contributed by atoms with E-state index in [9.17, 15) is 4.79 Å². The minimum Gasteiger partial charge on any atom is -0.481 e. The number of hydrogen-bond donors (Lipinski definition) is 1. The van der Waals surface area contributed by atoms with Crippen molar-refractivity contribution >= 4 is 5.91 Å². The number of ether oxygens (including phenoxy) is 1. The second-order valence-electron chi connectivity index (χ2n) is 5.27. The van der Waals surface area contributed by atoms with Crippen molar-refractivity contribution in [1.29, 1.82) is 0 Å². The summed E-state index contributed by atoms with van der Waals surface area (Å²) in [6.07, 6.45) is 6.79. The van der Waals surface area contributed by atoms with Gasteiger partial charge in [-0.25, -0.2) is 0 Å². The van der Waals surface area contributed by atoms with Crippen LogP contribution in [0.5, 0.6) is 5.75 Å². The number of carbonyl (C=O) groups excluding carboxylic acids is 1. The summed E-state index contributed by atoms with van der Waals surface area (Å²) in [7, 11) is 0. The maximum atomic E-state index is 12.1. The average molecular weight is 261 g/mol. The molecule has 0 spiro atoms. The molecule has 1 aliphatic rings. The lowest BCUT2D eigenvalue weighted by atomic mass is 10.1. The van der Waals surface area contributed by atoms with Crippen LogP contribution in [0.2, 0.25) is 0 Å². The van der Waals surface area contributed by atoms with Gasteiger partial charge in [0.2, 0.25) is 0 Å². The van der Waals surface area contributed by atoms with Gasteiger partial charge in [-0.05, 0) is 31.9 Å². The molecule has 1 aromatic rings. The molecule has 104 valence electrons. The van der Waals surface area contributed by atoms with Crippen LogP contribution in [-0.2, 0) is 4.79 Å². The Morgan fingerprint density at radius 2 is 1.79 bits per heavy atom. The molecule has 0 heterocycles. The Morgan fingerprint density at radius 3 is 2.42 bits per heavy atom. The first-order chi connectivity index (χ1) is 9.25. The fraction of sp³-hybridized carbons (Fsp3) is 0.562. The van der Waals surface area contributed by atoms with Gasteiger partial charge in [-0.15, -0.1) is 0 Å². The third-order valence-electron chi connectivity index (χ3n) is 3.63. The first-order valence-corrected chi connectivity index (χ1v) is 7.28. The van der Waals surface area contributed by atoms with E-state index in [0.29, 0.717) is 6.04 Å². The molecule has 1 N–H and O–H groups in total. The highest BCUT2D eigenvalue weighted by atomic mass is 16.5. The lowest BCUT2D eigenvalue weighted by Crippen LogP contribution is -2.42. The van der Waals surface area contributed by atoms with Crippen molar-refractivity contribution in [3.05, 3.63) is 30.3 Å². The number of rotatable bonds is 4. The highest BCUT2D eigenvalue weighted by Gasteiger charge is 2.19. The quantitative estimate of drug-likeness (QED) is 0.845. The van der Waals surface area contributed by atoms with E-state index >= 15 is 0 Å². The minimum atomic E-state index is -0.439. The molecule has 0 bridgehead atoms. The largest absolute Gasteiger partial charge is 0.481 e. The summed E-state index contributed by atoms with van der Waals surface area (Å²) in [5, 5.41) is 3.11. The van der Waals surface area contributed by atoms with E-state index in [2.05, 4.69) is 5.32 Å². The van der Waals surface area contributed by atoms with Gasteiger partial charge in [-0.3, -0.25) is 4.79 Å². The number of amides is 1. The third-order valence-corrected chi connectivity index (χ3v) is 3.63. The second-order valence-corrected chi connectivity index (χ2v) is 5.27. The maximum absolute atomic E-state index is 12.1. The van der Waals surface area contributed by atoms with Crippen molar-refractivity contribution in [1.82, 2.24) is 5.32 Å². The molecule has 0 aliphatic heterocycles. The van der Waals surface area contributed by atoms with Gasteiger partial charge in [0.25, 0.3) is 5.91 Å². The average Bonchev–Trinajstić information content (AvgIpc) is 2.68. The summed E-state index contributed by atoms with van der Waals surface area (Å²) >= 11 is 0. The van der Waals surface area contributed by atoms with Gasteiger partial charge in [0.1, 0.15) is 5.75 Å². The zero-order chi connectivity index (χ0) is 13.5. The summed E-state index contributed by atoms with van der Waals surface area (Å²) in [5.41, 5.74) is 0. The Morgan fingerprint density at radius 1 is 1.16 bits per heavy atom. The van der Waals surface area contributed by atoms with Crippen molar-refractivity contribution in [2.75, 3.05) is 0 Å².